The molecule has 8 nitrogen and oxygen atoms in total. The van der Waals surface area contributed by atoms with Crippen LogP contribution < -0.4 is 9.46 Å². The van der Waals surface area contributed by atoms with Gasteiger partial charge < -0.3 is 4.74 Å². The lowest BCUT2D eigenvalue weighted by Gasteiger charge is -2.13. The molecule has 3 rings (SSSR count). The highest BCUT2D eigenvalue weighted by molar-refractivity contribution is 7.96. The molecular weight excluding hydrogens is 438 g/mol. The van der Waals surface area contributed by atoms with Crippen molar-refractivity contribution in [2.45, 2.75) is 28.0 Å². The van der Waals surface area contributed by atoms with Crippen LogP contribution in [-0.2, 0) is 36.2 Å². The van der Waals surface area contributed by atoms with Gasteiger partial charge in [-0.05, 0) is 30.7 Å². The molecule has 1 heterocycles. The van der Waals surface area contributed by atoms with Crippen LogP contribution in [0.1, 0.15) is 12.0 Å². The first kappa shape index (κ1) is 21.8. The van der Waals surface area contributed by atoms with Gasteiger partial charge in [-0.1, -0.05) is 24.3 Å². The molecule has 1 aliphatic rings. The summed E-state index contributed by atoms with van der Waals surface area (Å²) in [4.78, 5) is -0.422. The van der Waals surface area contributed by atoms with Gasteiger partial charge in [-0.2, -0.15) is 0 Å². The zero-order chi connectivity index (χ0) is 21.3. The van der Waals surface area contributed by atoms with Gasteiger partial charge in [-0.25, -0.2) is 30.0 Å². The highest BCUT2D eigenvalue weighted by atomic mass is 32.2. The normalized spacial score (nSPS) is 19.1. The van der Waals surface area contributed by atoms with Gasteiger partial charge in [-0.15, -0.1) is 0 Å². The maximum atomic E-state index is 12.8. The van der Waals surface area contributed by atoms with Gasteiger partial charge in [0.15, 0.2) is 19.7 Å². The van der Waals surface area contributed by atoms with Gasteiger partial charge in [0.25, 0.3) is 0 Å². The van der Waals surface area contributed by atoms with Crippen molar-refractivity contribution in [3.05, 3.63) is 54.1 Å². The summed E-state index contributed by atoms with van der Waals surface area (Å²) in [5.41, 5.74) is 0.624. The van der Waals surface area contributed by atoms with Gasteiger partial charge in [0.2, 0.25) is 10.0 Å². The molecule has 29 heavy (non-hydrogen) atoms. The fourth-order valence-corrected chi connectivity index (χ4v) is 8.65. The molecule has 0 aromatic heterocycles. The lowest BCUT2D eigenvalue weighted by molar-refractivity contribution is 0.409. The number of rotatable bonds is 7. The van der Waals surface area contributed by atoms with E-state index in [4.69, 9.17) is 4.74 Å². The number of sulfone groups is 2. The van der Waals surface area contributed by atoms with E-state index < -0.39 is 40.7 Å². The van der Waals surface area contributed by atoms with E-state index in [0.29, 0.717) is 11.3 Å². The zero-order valence-corrected chi connectivity index (χ0v) is 18.1. The Morgan fingerprint density at radius 1 is 1.03 bits per heavy atom. The minimum absolute atomic E-state index is 0.00763. The van der Waals surface area contributed by atoms with Crippen LogP contribution >= 0.6 is 0 Å². The van der Waals surface area contributed by atoms with Gasteiger partial charge in [0.1, 0.15) is 5.75 Å². The molecule has 1 fully saturated rings. The number of ether oxygens (including phenoxy) is 1. The largest absolute Gasteiger partial charge is 0.496 e. The van der Waals surface area contributed by atoms with Crippen molar-refractivity contribution < 1.29 is 30.0 Å². The van der Waals surface area contributed by atoms with Crippen molar-refractivity contribution in [1.82, 2.24) is 4.72 Å². The van der Waals surface area contributed by atoms with Crippen LogP contribution in [0.2, 0.25) is 0 Å². The van der Waals surface area contributed by atoms with E-state index in [1.807, 2.05) is 0 Å². The number of methoxy groups -OCH3 is 1. The third kappa shape index (κ3) is 4.80. The van der Waals surface area contributed by atoms with E-state index in [0.717, 1.165) is 6.07 Å². The summed E-state index contributed by atoms with van der Waals surface area (Å²) in [5.74, 6) is -0.109. The molecule has 1 atom stereocenters. The average Bonchev–Trinajstić information content (AvgIpc) is 3.07. The van der Waals surface area contributed by atoms with E-state index in [1.165, 1.54) is 25.3 Å². The predicted molar refractivity (Wildman–Crippen MR) is 108 cm³/mol. The summed E-state index contributed by atoms with van der Waals surface area (Å²) in [7, 11) is -9.88. The molecule has 0 unspecified atom stereocenters. The topological polar surface area (TPSA) is 124 Å². The zero-order valence-electron chi connectivity index (χ0n) is 15.6. The van der Waals surface area contributed by atoms with Gasteiger partial charge in [-0.3, -0.25) is 0 Å². The van der Waals surface area contributed by atoms with Crippen molar-refractivity contribution in [2.24, 2.45) is 0 Å². The van der Waals surface area contributed by atoms with Crippen LogP contribution in [-0.4, -0.2) is 49.1 Å². The molecule has 11 heteroatoms. The van der Waals surface area contributed by atoms with Crippen molar-refractivity contribution in [2.75, 3.05) is 18.6 Å². The van der Waals surface area contributed by atoms with E-state index >= 15 is 0 Å². The molecule has 0 aliphatic carbocycles. The Morgan fingerprint density at radius 3 is 2.38 bits per heavy atom. The average molecular weight is 460 g/mol. The Balaban J connectivity index is 1.84. The fourth-order valence-electron chi connectivity index (χ4n) is 3.12. The fraction of sp³-hybridized carbons (Fsp3) is 0.333. The second-order valence-electron chi connectivity index (χ2n) is 6.68. The number of nitrogens with one attached hydrogen (secondary N) is 1. The Bertz CT molecular complexity index is 1220. The molecule has 1 N–H and O–H groups in total. The third-order valence-electron chi connectivity index (χ3n) is 4.72. The molecule has 158 valence electrons. The van der Waals surface area contributed by atoms with Crippen molar-refractivity contribution >= 4 is 29.7 Å². The molecule has 0 saturated carbocycles. The lowest BCUT2D eigenvalue weighted by atomic mass is 10.2. The SMILES string of the molecule is COc1ccccc1CNS(=O)(=O)c1cccc(S(=O)(=O)[C@H]2CCS(=O)(=O)C2)c1. The first-order chi connectivity index (χ1) is 13.5. The maximum Gasteiger partial charge on any atom is 0.240 e. The monoisotopic (exact) mass is 459 g/mol. The standard InChI is InChI=1S/C18H21NO7S3/c1-26-18-8-3-2-5-14(18)12-19-29(24,25)16-7-4-6-15(11-16)28(22,23)17-9-10-27(20,21)13-17/h2-8,11,17,19H,9-10,12-13H2,1H3/t17-/m0/s1. The first-order valence-corrected chi connectivity index (χ1v) is 13.6. The van der Waals surface area contributed by atoms with E-state index in [-0.39, 0.29) is 28.5 Å². The van der Waals surface area contributed by atoms with Crippen LogP contribution in [0.4, 0.5) is 0 Å². The molecule has 2 aromatic rings. The first-order valence-electron chi connectivity index (χ1n) is 8.71. The molecule has 1 saturated heterocycles. The van der Waals surface area contributed by atoms with Crippen molar-refractivity contribution in [3.8, 4) is 5.75 Å². The molecule has 0 spiro atoms. The minimum Gasteiger partial charge on any atom is -0.496 e. The second-order valence-corrected chi connectivity index (χ2v) is 12.9. The summed E-state index contributed by atoms with van der Waals surface area (Å²) < 4.78 is 81.8. The lowest BCUT2D eigenvalue weighted by Crippen LogP contribution is -2.25. The van der Waals surface area contributed by atoms with Gasteiger partial charge >= 0.3 is 0 Å². The number of sulfonamides is 1. The number of hydrogen-bond acceptors (Lipinski definition) is 7. The summed E-state index contributed by atoms with van der Waals surface area (Å²) in [6.07, 6.45) is 0.00763. The van der Waals surface area contributed by atoms with Gasteiger partial charge in [0, 0.05) is 12.1 Å². The summed E-state index contributed by atoms with van der Waals surface area (Å²) in [6, 6.07) is 11.9. The highest BCUT2D eigenvalue weighted by Gasteiger charge is 2.38. The molecule has 0 amide bonds. The van der Waals surface area contributed by atoms with Crippen LogP contribution in [0.15, 0.2) is 58.3 Å². The summed E-state index contributed by atoms with van der Waals surface area (Å²) >= 11 is 0. The predicted octanol–water partition coefficient (Wildman–Crippen LogP) is 1.13. The Kier molecular flexibility index (Phi) is 6.04. The molecule has 1 aliphatic heterocycles. The summed E-state index contributed by atoms with van der Waals surface area (Å²) in [5, 5.41) is -1.06. The number of benzene rings is 2. The summed E-state index contributed by atoms with van der Waals surface area (Å²) in [6.45, 7) is -0.0375. The Hall–Kier alpha value is -1.95. The molecule has 2 aromatic carbocycles. The van der Waals surface area contributed by atoms with E-state index in [2.05, 4.69) is 4.72 Å². The van der Waals surface area contributed by atoms with Crippen LogP contribution in [0.5, 0.6) is 5.75 Å². The Morgan fingerprint density at radius 2 is 1.72 bits per heavy atom. The van der Waals surface area contributed by atoms with Crippen LogP contribution in [0.3, 0.4) is 0 Å². The smallest absolute Gasteiger partial charge is 0.240 e. The van der Waals surface area contributed by atoms with E-state index in [1.54, 1.807) is 24.3 Å². The number of para-hydroxylation sites is 1. The Labute approximate surface area is 170 Å². The molecule has 0 radical (unpaired) electrons. The quantitative estimate of drug-likeness (QED) is 0.658. The minimum atomic E-state index is -4.00. The van der Waals surface area contributed by atoms with Gasteiger partial charge in [0.05, 0.1) is 33.7 Å². The van der Waals surface area contributed by atoms with Crippen LogP contribution in [0.25, 0.3) is 0 Å². The van der Waals surface area contributed by atoms with E-state index in [9.17, 15) is 25.3 Å². The van der Waals surface area contributed by atoms with Crippen molar-refractivity contribution in [3.63, 3.8) is 0 Å². The molecule has 0 bridgehead atoms. The van der Waals surface area contributed by atoms with Crippen LogP contribution in [0, 0.1) is 0 Å². The number of hydrogen-bond donors (Lipinski definition) is 1. The van der Waals surface area contributed by atoms with Crippen molar-refractivity contribution in [1.29, 1.82) is 0 Å². The maximum absolute atomic E-state index is 12.8. The second kappa shape index (κ2) is 8.05. The molecular formula is C18H21NO7S3. The highest BCUT2D eigenvalue weighted by Crippen LogP contribution is 2.27. The third-order valence-corrected chi connectivity index (χ3v) is 10.3.